The molecule has 0 saturated heterocycles. The summed E-state index contributed by atoms with van der Waals surface area (Å²) in [4.78, 5) is 0. The molecule has 3 heteroatoms. The second-order valence-corrected chi connectivity index (χ2v) is 2.69. The van der Waals surface area contributed by atoms with Gasteiger partial charge >= 0.3 is 0 Å². The molecule has 1 aromatic rings. The molecular formula is C9H11F2N. The topological polar surface area (TPSA) is 26.0 Å². The fourth-order valence-electron chi connectivity index (χ4n) is 0.979. The van der Waals surface area contributed by atoms with Gasteiger partial charge in [0.15, 0.2) is 11.6 Å². The van der Waals surface area contributed by atoms with Crippen LogP contribution in [0.2, 0.25) is 0 Å². The standard InChI is InChI=1S/C9H11F2N/c1-2-9(12)6-3-4-7(10)8(11)5-6/h3-5,9H,2,12H2,1H3/t9-/m1/s1. The molecule has 0 unspecified atom stereocenters. The third kappa shape index (κ3) is 1.80. The van der Waals surface area contributed by atoms with E-state index in [1.165, 1.54) is 6.07 Å². The van der Waals surface area contributed by atoms with Crippen molar-refractivity contribution in [2.24, 2.45) is 5.73 Å². The Morgan fingerprint density at radius 1 is 1.33 bits per heavy atom. The first kappa shape index (κ1) is 9.13. The van der Waals surface area contributed by atoms with Crippen LogP contribution in [-0.4, -0.2) is 0 Å². The first-order chi connectivity index (χ1) is 5.65. The second kappa shape index (κ2) is 3.63. The summed E-state index contributed by atoms with van der Waals surface area (Å²) in [5, 5.41) is 0. The van der Waals surface area contributed by atoms with E-state index in [-0.39, 0.29) is 6.04 Å². The van der Waals surface area contributed by atoms with Crippen molar-refractivity contribution in [1.29, 1.82) is 0 Å². The molecule has 1 nitrogen and oxygen atoms in total. The lowest BCUT2D eigenvalue weighted by molar-refractivity contribution is 0.504. The molecule has 0 amide bonds. The first-order valence-electron chi connectivity index (χ1n) is 3.85. The van der Waals surface area contributed by atoms with Crippen molar-refractivity contribution in [2.45, 2.75) is 19.4 Å². The molecule has 0 heterocycles. The Bertz CT molecular complexity index is 273. The Morgan fingerprint density at radius 3 is 2.50 bits per heavy atom. The zero-order valence-corrected chi connectivity index (χ0v) is 6.85. The minimum atomic E-state index is -0.837. The average Bonchev–Trinajstić information content (AvgIpc) is 2.08. The summed E-state index contributed by atoms with van der Waals surface area (Å²) in [6, 6.07) is 3.54. The summed E-state index contributed by atoms with van der Waals surface area (Å²) >= 11 is 0. The smallest absolute Gasteiger partial charge is 0.159 e. The number of benzene rings is 1. The minimum Gasteiger partial charge on any atom is -0.324 e. The van der Waals surface area contributed by atoms with Gasteiger partial charge in [0.05, 0.1) is 0 Å². The van der Waals surface area contributed by atoms with Gasteiger partial charge in [0, 0.05) is 6.04 Å². The molecule has 12 heavy (non-hydrogen) atoms. The quantitative estimate of drug-likeness (QED) is 0.726. The number of nitrogens with two attached hydrogens (primary N) is 1. The third-order valence-electron chi connectivity index (χ3n) is 1.81. The highest BCUT2D eigenvalue weighted by molar-refractivity contribution is 5.20. The van der Waals surface area contributed by atoms with E-state index >= 15 is 0 Å². The zero-order chi connectivity index (χ0) is 9.14. The normalized spacial score (nSPS) is 13.0. The van der Waals surface area contributed by atoms with Gasteiger partial charge in [-0.1, -0.05) is 13.0 Å². The summed E-state index contributed by atoms with van der Waals surface area (Å²) in [5.74, 6) is -1.67. The van der Waals surface area contributed by atoms with Crippen LogP contribution in [0.25, 0.3) is 0 Å². The van der Waals surface area contributed by atoms with Crippen LogP contribution < -0.4 is 5.73 Å². The maximum Gasteiger partial charge on any atom is 0.159 e. The van der Waals surface area contributed by atoms with Crippen LogP contribution in [0.1, 0.15) is 24.9 Å². The van der Waals surface area contributed by atoms with Crippen molar-refractivity contribution in [1.82, 2.24) is 0 Å². The molecule has 0 fully saturated rings. The molecule has 0 bridgehead atoms. The van der Waals surface area contributed by atoms with Crippen molar-refractivity contribution in [3.8, 4) is 0 Å². The van der Waals surface area contributed by atoms with Crippen molar-refractivity contribution < 1.29 is 8.78 Å². The maximum absolute atomic E-state index is 12.6. The Morgan fingerprint density at radius 2 is 2.00 bits per heavy atom. The van der Waals surface area contributed by atoms with Crippen LogP contribution in [-0.2, 0) is 0 Å². The van der Waals surface area contributed by atoms with E-state index in [0.717, 1.165) is 12.1 Å². The van der Waals surface area contributed by atoms with Crippen molar-refractivity contribution in [2.75, 3.05) is 0 Å². The van der Waals surface area contributed by atoms with Crippen LogP contribution in [0.4, 0.5) is 8.78 Å². The maximum atomic E-state index is 12.6. The lowest BCUT2D eigenvalue weighted by Crippen LogP contribution is -2.08. The summed E-state index contributed by atoms with van der Waals surface area (Å²) in [6.45, 7) is 1.89. The molecule has 1 rings (SSSR count). The zero-order valence-electron chi connectivity index (χ0n) is 6.85. The van der Waals surface area contributed by atoms with E-state index < -0.39 is 11.6 Å². The molecule has 0 aromatic heterocycles. The van der Waals surface area contributed by atoms with Gasteiger partial charge in [-0.3, -0.25) is 0 Å². The Kier molecular flexibility index (Phi) is 2.76. The largest absolute Gasteiger partial charge is 0.324 e. The van der Waals surface area contributed by atoms with Crippen LogP contribution in [0.3, 0.4) is 0 Å². The summed E-state index contributed by atoms with van der Waals surface area (Å²) in [6.07, 6.45) is 0.713. The molecule has 2 N–H and O–H groups in total. The summed E-state index contributed by atoms with van der Waals surface area (Å²) in [7, 11) is 0. The number of halogens is 2. The fourth-order valence-corrected chi connectivity index (χ4v) is 0.979. The molecule has 1 aromatic carbocycles. The molecule has 0 aliphatic heterocycles. The minimum absolute atomic E-state index is 0.208. The third-order valence-corrected chi connectivity index (χ3v) is 1.81. The molecule has 0 aliphatic carbocycles. The van der Waals surface area contributed by atoms with Gasteiger partial charge in [0.2, 0.25) is 0 Å². The monoisotopic (exact) mass is 171 g/mol. The van der Waals surface area contributed by atoms with Crippen molar-refractivity contribution >= 4 is 0 Å². The highest BCUT2D eigenvalue weighted by Gasteiger charge is 2.06. The predicted octanol–water partition coefficient (Wildman–Crippen LogP) is 2.37. The highest BCUT2D eigenvalue weighted by atomic mass is 19.2. The Balaban J connectivity index is 2.96. The van der Waals surface area contributed by atoms with Gasteiger partial charge in [0.1, 0.15) is 0 Å². The predicted molar refractivity (Wildman–Crippen MR) is 43.6 cm³/mol. The second-order valence-electron chi connectivity index (χ2n) is 2.69. The Labute approximate surface area is 70.2 Å². The lowest BCUT2D eigenvalue weighted by Gasteiger charge is -2.08. The van der Waals surface area contributed by atoms with Crippen molar-refractivity contribution in [3.05, 3.63) is 35.4 Å². The van der Waals surface area contributed by atoms with E-state index in [9.17, 15) is 8.78 Å². The molecular weight excluding hydrogens is 160 g/mol. The van der Waals surface area contributed by atoms with Crippen LogP contribution in [0.5, 0.6) is 0 Å². The van der Waals surface area contributed by atoms with Gasteiger partial charge in [0.25, 0.3) is 0 Å². The van der Waals surface area contributed by atoms with Gasteiger partial charge in [-0.15, -0.1) is 0 Å². The van der Waals surface area contributed by atoms with E-state index in [4.69, 9.17) is 5.73 Å². The van der Waals surface area contributed by atoms with E-state index in [0.29, 0.717) is 12.0 Å². The van der Waals surface area contributed by atoms with E-state index in [2.05, 4.69) is 0 Å². The fraction of sp³-hybridized carbons (Fsp3) is 0.333. The van der Waals surface area contributed by atoms with Gasteiger partial charge in [-0.05, 0) is 24.1 Å². The summed E-state index contributed by atoms with van der Waals surface area (Å²) < 4.78 is 25.1. The van der Waals surface area contributed by atoms with Gasteiger partial charge in [-0.2, -0.15) is 0 Å². The average molecular weight is 171 g/mol. The van der Waals surface area contributed by atoms with E-state index in [1.54, 1.807) is 0 Å². The van der Waals surface area contributed by atoms with Gasteiger partial charge < -0.3 is 5.73 Å². The molecule has 0 radical (unpaired) electrons. The molecule has 1 atom stereocenters. The van der Waals surface area contributed by atoms with Crippen LogP contribution in [0, 0.1) is 11.6 Å². The first-order valence-corrected chi connectivity index (χ1v) is 3.85. The van der Waals surface area contributed by atoms with Crippen LogP contribution >= 0.6 is 0 Å². The summed E-state index contributed by atoms with van der Waals surface area (Å²) in [5.41, 5.74) is 6.26. The number of rotatable bonds is 2. The van der Waals surface area contributed by atoms with E-state index in [1.807, 2.05) is 6.92 Å². The molecule has 0 aliphatic rings. The number of hydrogen-bond acceptors (Lipinski definition) is 1. The molecule has 0 spiro atoms. The Hall–Kier alpha value is -0.960. The molecule has 0 saturated carbocycles. The SMILES string of the molecule is CC[C@@H](N)c1ccc(F)c(F)c1. The lowest BCUT2D eigenvalue weighted by atomic mass is 10.1. The van der Waals surface area contributed by atoms with Crippen LogP contribution in [0.15, 0.2) is 18.2 Å². The molecule has 66 valence electrons. The number of hydrogen-bond donors (Lipinski definition) is 1. The van der Waals surface area contributed by atoms with Gasteiger partial charge in [-0.25, -0.2) is 8.78 Å². The van der Waals surface area contributed by atoms with Crippen molar-refractivity contribution in [3.63, 3.8) is 0 Å². The highest BCUT2D eigenvalue weighted by Crippen LogP contribution is 2.16.